The van der Waals surface area contributed by atoms with Crippen LogP contribution < -0.4 is 16.9 Å². The molecule has 1 aromatic rings. The van der Waals surface area contributed by atoms with Gasteiger partial charge in [0.05, 0.1) is 13.1 Å². The highest BCUT2D eigenvalue weighted by atomic mass is 32.3. The topological polar surface area (TPSA) is 141 Å². The molecule has 0 radical (unpaired) electrons. The Balaban J connectivity index is 2.33. The van der Waals surface area contributed by atoms with E-state index in [4.69, 9.17) is 17.0 Å². The second-order valence-electron chi connectivity index (χ2n) is 8.03. The smallest absolute Gasteiger partial charge is 0.425 e. The maximum atomic E-state index is 13.9. The Kier molecular flexibility index (Phi) is 8.40. The third kappa shape index (κ3) is 7.53. The molecule has 1 unspecified atom stereocenters. The molecule has 7 N–H and O–H groups in total. The van der Waals surface area contributed by atoms with Crippen molar-refractivity contribution in [2.45, 2.75) is 43.0 Å². The van der Waals surface area contributed by atoms with E-state index in [0.29, 0.717) is 5.56 Å². The summed E-state index contributed by atoms with van der Waals surface area (Å²) < 4.78 is 92.9. The number of alkyl halides is 5. The van der Waals surface area contributed by atoms with Crippen molar-refractivity contribution in [3.63, 3.8) is 0 Å². The van der Waals surface area contributed by atoms with Crippen LogP contribution >= 0.6 is 0 Å². The van der Waals surface area contributed by atoms with E-state index in [9.17, 15) is 30.7 Å². The third-order valence-corrected chi connectivity index (χ3v) is 6.26. The quantitative estimate of drug-likeness (QED) is 0.0628. The maximum absolute atomic E-state index is 13.9. The molecule has 1 saturated heterocycles. The van der Waals surface area contributed by atoms with Gasteiger partial charge in [0, 0.05) is 18.5 Å². The molecule has 9 nitrogen and oxygen atoms in total. The molecule has 196 valence electrons. The number of hydrogen-bond donors (Lipinski definition) is 5. The van der Waals surface area contributed by atoms with Crippen LogP contribution in [0, 0.1) is 5.41 Å². The minimum absolute atomic E-state index is 0.0752. The fourth-order valence-electron chi connectivity index (χ4n) is 3.22. The SMILES string of the molecule is C=C(NC(=C(N)C(=N)N(N)Cc1ccccc1[S+](C)(=O)O)N1CCC(F)(F)C1)O[C@@H](C)C(F)(F)F. The lowest BCUT2D eigenvalue weighted by atomic mass is 10.2. The summed E-state index contributed by atoms with van der Waals surface area (Å²) >= 11 is 0. The van der Waals surface area contributed by atoms with Gasteiger partial charge in [0.15, 0.2) is 22.7 Å². The van der Waals surface area contributed by atoms with Gasteiger partial charge in [-0.2, -0.15) is 17.7 Å². The van der Waals surface area contributed by atoms with E-state index in [1.54, 1.807) is 12.1 Å². The van der Waals surface area contributed by atoms with E-state index in [1.807, 2.05) is 0 Å². The first kappa shape index (κ1) is 28.3. The summed E-state index contributed by atoms with van der Waals surface area (Å²) in [4.78, 5) is 1.12. The van der Waals surface area contributed by atoms with E-state index in [-0.39, 0.29) is 23.8 Å². The largest absolute Gasteiger partial charge is 0.467 e. The van der Waals surface area contributed by atoms with Crippen LogP contribution in [0.15, 0.2) is 53.1 Å². The van der Waals surface area contributed by atoms with Crippen molar-refractivity contribution in [3.05, 3.63) is 53.8 Å². The molecule has 0 bridgehead atoms. The monoisotopic (exact) mass is 527 g/mol. The van der Waals surface area contributed by atoms with Crippen molar-refractivity contribution < 1.29 is 35.5 Å². The lowest BCUT2D eigenvalue weighted by molar-refractivity contribution is -0.204. The predicted molar refractivity (Wildman–Crippen MR) is 120 cm³/mol. The molecule has 2 atom stereocenters. The highest BCUT2D eigenvalue weighted by Gasteiger charge is 2.41. The van der Waals surface area contributed by atoms with Crippen LogP contribution in [0.4, 0.5) is 22.0 Å². The highest BCUT2D eigenvalue weighted by Crippen LogP contribution is 2.30. The van der Waals surface area contributed by atoms with Crippen molar-refractivity contribution in [3.8, 4) is 0 Å². The maximum Gasteiger partial charge on any atom is 0.425 e. The molecule has 1 aliphatic heterocycles. The van der Waals surface area contributed by atoms with E-state index < -0.39 is 58.8 Å². The number of nitrogens with zero attached hydrogens (tertiary/aromatic N) is 2. The molecule has 15 heteroatoms. The minimum atomic E-state index is -4.71. The van der Waals surface area contributed by atoms with E-state index >= 15 is 0 Å². The summed E-state index contributed by atoms with van der Waals surface area (Å²) in [5.74, 6) is 1.29. The summed E-state index contributed by atoms with van der Waals surface area (Å²) in [6, 6.07) is 6.05. The second kappa shape index (κ2) is 10.4. The Morgan fingerprint density at radius 1 is 1.43 bits per heavy atom. The molecular formula is C20H28F5N6O3S+. The summed E-state index contributed by atoms with van der Waals surface area (Å²) in [5, 5.41) is 11.5. The van der Waals surface area contributed by atoms with Crippen LogP contribution in [0.3, 0.4) is 0 Å². The molecule has 0 aliphatic carbocycles. The van der Waals surface area contributed by atoms with Gasteiger partial charge in [0.25, 0.3) is 5.92 Å². The Hall–Kier alpha value is -2.91. The van der Waals surface area contributed by atoms with Crippen molar-refractivity contribution in [2.75, 3.05) is 19.3 Å². The summed E-state index contributed by atoms with van der Waals surface area (Å²) in [6.45, 7) is 2.77. The van der Waals surface area contributed by atoms with Crippen LogP contribution in [-0.4, -0.2) is 57.8 Å². The standard InChI is InChI=1S/C20H27F5N6O3S/c1-12(20(23,24)25)34-13(2)29-18(30-9-8-19(21,22)11-30)16(26)17(27)31(28)10-14-6-4-5-7-15(14)35(3,32)33/h4-7,12,27,29H,2,8-11,26,28H2,1,3H3/p+1/t12-/m0/s1. The minimum Gasteiger partial charge on any atom is -0.467 e. The first-order chi connectivity index (χ1) is 15.9. The molecule has 1 heterocycles. The summed E-state index contributed by atoms with van der Waals surface area (Å²) in [5.41, 5.74) is 5.86. The number of hydrazine groups is 1. The fourth-order valence-corrected chi connectivity index (χ4v) is 4.17. The van der Waals surface area contributed by atoms with Crippen molar-refractivity contribution >= 4 is 16.0 Å². The number of halogens is 5. The normalized spacial score (nSPS) is 18.8. The van der Waals surface area contributed by atoms with Gasteiger partial charge in [-0.15, -0.1) is 0 Å². The zero-order valence-corrected chi connectivity index (χ0v) is 19.8. The average molecular weight is 528 g/mol. The Morgan fingerprint density at radius 3 is 2.54 bits per heavy atom. The average Bonchev–Trinajstić information content (AvgIpc) is 3.09. The van der Waals surface area contributed by atoms with Crippen LogP contribution in [0.5, 0.6) is 0 Å². The molecule has 0 amide bonds. The van der Waals surface area contributed by atoms with Crippen molar-refractivity contribution in [2.24, 2.45) is 11.6 Å². The molecule has 0 spiro atoms. The van der Waals surface area contributed by atoms with Gasteiger partial charge in [-0.1, -0.05) is 22.4 Å². The Labute approximate surface area is 200 Å². The molecule has 0 aromatic heterocycles. The first-order valence-electron chi connectivity index (χ1n) is 10.1. The van der Waals surface area contributed by atoms with E-state index in [1.165, 1.54) is 12.1 Å². The number of nitrogens with two attached hydrogens (primary N) is 2. The van der Waals surface area contributed by atoms with Gasteiger partial charge in [-0.05, 0) is 19.6 Å². The molecule has 1 fully saturated rings. The van der Waals surface area contributed by atoms with Crippen molar-refractivity contribution in [1.82, 2.24) is 15.2 Å². The lowest BCUT2D eigenvalue weighted by Crippen LogP contribution is -2.44. The van der Waals surface area contributed by atoms with Gasteiger partial charge in [-0.25, -0.2) is 14.6 Å². The number of benzene rings is 1. The third-order valence-electron chi connectivity index (χ3n) is 5.04. The van der Waals surface area contributed by atoms with Gasteiger partial charge < -0.3 is 20.7 Å². The molecule has 35 heavy (non-hydrogen) atoms. The van der Waals surface area contributed by atoms with Gasteiger partial charge in [0.1, 0.15) is 17.8 Å². The van der Waals surface area contributed by atoms with Crippen LogP contribution in [-0.2, 0) is 25.7 Å². The number of hydrogen-bond acceptors (Lipinski definition) is 7. The van der Waals surface area contributed by atoms with E-state index in [2.05, 4.69) is 16.6 Å². The highest BCUT2D eigenvalue weighted by molar-refractivity contribution is 7.97. The lowest BCUT2D eigenvalue weighted by Gasteiger charge is -2.29. The molecule has 1 aliphatic rings. The second-order valence-corrected chi connectivity index (χ2v) is 10.1. The van der Waals surface area contributed by atoms with Gasteiger partial charge in [-0.3, -0.25) is 10.4 Å². The van der Waals surface area contributed by atoms with E-state index in [0.717, 1.165) is 23.1 Å². The number of ether oxygens (including phenoxy) is 1. The van der Waals surface area contributed by atoms with Crippen LogP contribution in [0.2, 0.25) is 0 Å². The first-order valence-corrected chi connectivity index (χ1v) is 12.1. The number of nitrogens with one attached hydrogen (secondary N) is 2. The number of rotatable bonds is 9. The van der Waals surface area contributed by atoms with Crippen LogP contribution in [0.1, 0.15) is 18.9 Å². The zero-order chi connectivity index (χ0) is 26.8. The zero-order valence-electron chi connectivity index (χ0n) is 19.0. The molecular weight excluding hydrogens is 499 g/mol. The Bertz CT molecular complexity index is 1040. The molecule has 1 aromatic carbocycles. The molecule has 0 saturated carbocycles. The fraction of sp³-hybridized carbons (Fsp3) is 0.450. The summed E-state index contributed by atoms with van der Waals surface area (Å²) in [7, 11) is -3.38. The van der Waals surface area contributed by atoms with Gasteiger partial charge in [0.2, 0.25) is 10.2 Å². The summed E-state index contributed by atoms with van der Waals surface area (Å²) in [6.07, 6.45) is -6.41. The predicted octanol–water partition coefficient (Wildman–Crippen LogP) is 2.80. The number of amidine groups is 1. The van der Waals surface area contributed by atoms with Gasteiger partial charge >= 0.3 is 6.18 Å². The molecule has 2 rings (SSSR count). The number of likely N-dealkylation sites (tertiary alicyclic amines) is 1. The Morgan fingerprint density at radius 2 is 2.03 bits per heavy atom. The van der Waals surface area contributed by atoms with Crippen molar-refractivity contribution in [1.29, 1.82) is 5.41 Å². The van der Waals surface area contributed by atoms with Crippen LogP contribution in [0.25, 0.3) is 0 Å².